The predicted octanol–water partition coefficient (Wildman–Crippen LogP) is 4.37. The number of carbonyl (C=O) groups is 2. The van der Waals surface area contributed by atoms with Gasteiger partial charge in [-0.1, -0.05) is 80.4 Å². The van der Waals surface area contributed by atoms with Gasteiger partial charge in [-0.2, -0.15) is 0 Å². The van der Waals surface area contributed by atoms with E-state index >= 15 is 0 Å². The van der Waals surface area contributed by atoms with E-state index in [4.69, 9.17) is 4.74 Å². The summed E-state index contributed by atoms with van der Waals surface area (Å²) in [4.78, 5) is 29.3. The lowest BCUT2D eigenvalue weighted by atomic mass is 9.95. The van der Waals surface area contributed by atoms with Crippen molar-refractivity contribution in [1.29, 1.82) is 0 Å². The summed E-state index contributed by atoms with van der Waals surface area (Å²) in [5.41, 5.74) is 1.51. The van der Waals surface area contributed by atoms with Crippen LogP contribution in [0.15, 0.2) is 60.7 Å². The van der Waals surface area contributed by atoms with Crippen LogP contribution in [0.5, 0.6) is 0 Å². The van der Waals surface area contributed by atoms with E-state index in [0.717, 1.165) is 36.3 Å². The van der Waals surface area contributed by atoms with Crippen molar-refractivity contribution < 1.29 is 27.9 Å². The predicted molar refractivity (Wildman–Crippen MR) is 175 cm³/mol. The third kappa shape index (κ3) is 7.97. The lowest BCUT2D eigenvalue weighted by Gasteiger charge is -2.44. The second kappa shape index (κ2) is 15.3. The first-order valence-electron chi connectivity index (χ1n) is 15.1. The minimum atomic E-state index is -4.17. The van der Waals surface area contributed by atoms with E-state index in [1.165, 1.54) is 6.92 Å². The number of ether oxygens (including phenoxy) is 1. The van der Waals surface area contributed by atoms with E-state index in [1.54, 1.807) is 58.8 Å². The van der Waals surface area contributed by atoms with Gasteiger partial charge in [0.2, 0.25) is 11.8 Å². The van der Waals surface area contributed by atoms with Crippen molar-refractivity contribution in [2.75, 3.05) is 37.8 Å². The van der Waals surface area contributed by atoms with Crippen LogP contribution in [0, 0.1) is 0 Å². The topological polar surface area (TPSA) is 113 Å². The van der Waals surface area contributed by atoms with Crippen molar-refractivity contribution in [1.82, 2.24) is 10.2 Å². The molecule has 2 aromatic carbocycles. The molecule has 2 aliphatic rings. The third-order valence-electron chi connectivity index (χ3n) is 8.27. The van der Waals surface area contributed by atoms with Crippen LogP contribution in [-0.4, -0.2) is 84.9 Å². The Kier molecular flexibility index (Phi) is 12.0. The summed E-state index contributed by atoms with van der Waals surface area (Å²) in [6, 6.07) is 17.8. The second-order valence-electron chi connectivity index (χ2n) is 11.4. The van der Waals surface area contributed by atoms with Gasteiger partial charge in [-0.15, -0.1) is 23.5 Å². The molecule has 3 atom stereocenters. The SMILES string of the molecule is CCCCC(NC(=O)C(C)(CC(=O)N1CCOCC1)S(=O)(=O)Cc1ccccc1)C(O)C1(c2ccccc2)SCCCS1. The second-order valence-corrected chi connectivity index (χ2v) is 16.8. The zero-order valence-electron chi connectivity index (χ0n) is 25.1. The van der Waals surface area contributed by atoms with E-state index in [9.17, 15) is 23.1 Å². The smallest absolute Gasteiger partial charge is 0.242 e. The van der Waals surface area contributed by atoms with Gasteiger partial charge in [0.15, 0.2) is 14.6 Å². The van der Waals surface area contributed by atoms with Gasteiger partial charge in [0.1, 0.15) is 10.2 Å². The molecule has 0 radical (unpaired) electrons. The van der Waals surface area contributed by atoms with E-state index in [1.807, 2.05) is 37.3 Å². The number of thioether (sulfide) groups is 2. The lowest BCUT2D eigenvalue weighted by Crippen LogP contribution is -2.59. The Morgan fingerprint density at radius 3 is 2.26 bits per heavy atom. The Labute approximate surface area is 264 Å². The van der Waals surface area contributed by atoms with E-state index in [2.05, 4.69) is 5.32 Å². The Morgan fingerprint density at radius 1 is 1.05 bits per heavy atom. The van der Waals surface area contributed by atoms with Crippen LogP contribution in [-0.2, 0) is 34.0 Å². The number of sulfone groups is 1. The summed E-state index contributed by atoms with van der Waals surface area (Å²) in [5.74, 6) is 0.201. The average molecular weight is 649 g/mol. The summed E-state index contributed by atoms with van der Waals surface area (Å²) in [6.45, 7) is 4.83. The number of carbonyl (C=O) groups excluding carboxylic acids is 2. The molecule has 2 aromatic rings. The zero-order valence-corrected chi connectivity index (χ0v) is 27.5. The Bertz CT molecular complexity index is 1300. The molecule has 0 aromatic heterocycles. The number of nitrogens with zero attached hydrogens (tertiary/aromatic N) is 1. The first kappa shape index (κ1) is 33.8. The molecule has 4 rings (SSSR count). The number of amides is 2. The van der Waals surface area contributed by atoms with Gasteiger partial charge in [-0.05, 0) is 42.4 Å². The molecule has 2 fully saturated rings. The maximum absolute atomic E-state index is 14.3. The van der Waals surface area contributed by atoms with Gasteiger partial charge >= 0.3 is 0 Å². The summed E-state index contributed by atoms with van der Waals surface area (Å²) in [7, 11) is -4.17. The van der Waals surface area contributed by atoms with Crippen LogP contribution >= 0.6 is 23.5 Å². The molecule has 2 N–H and O–H groups in total. The molecule has 2 heterocycles. The molecule has 2 aliphatic heterocycles. The number of benzene rings is 2. The average Bonchev–Trinajstić information content (AvgIpc) is 3.03. The highest BCUT2D eigenvalue weighted by Crippen LogP contribution is 2.53. The molecule has 2 saturated heterocycles. The molecular formula is C32H44N2O6S3. The van der Waals surface area contributed by atoms with Gasteiger partial charge in [0, 0.05) is 13.1 Å². The zero-order chi connectivity index (χ0) is 30.9. The monoisotopic (exact) mass is 648 g/mol. The van der Waals surface area contributed by atoms with E-state index in [-0.39, 0.29) is 5.75 Å². The van der Waals surface area contributed by atoms with Crippen molar-refractivity contribution in [2.24, 2.45) is 0 Å². The summed E-state index contributed by atoms with van der Waals surface area (Å²) in [6.07, 6.45) is 1.60. The van der Waals surface area contributed by atoms with Crippen molar-refractivity contribution in [3.63, 3.8) is 0 Å². The number of hydrogen-bond acceptors (Lipinski definition) is 8. The lowest BCUT2D eigenvalue weighted by molar-refractivity contribution is -0.138. The highest BCUT2D eigenvalue weighted by Gasteiger charge is 2.51. The number of nitrogens with one attached hydrogen (secondary N) is 1. The number of hydrogen-bond donors (Lipinski definition) is 2. The largest absolute Gasteiger partial charge is 0.388 e. The molecule has 0 saturated carbocycles. The van der Waals surface area contributed by atoms with Crippen LogP contribution < -0.4 is 5.32 Å². The maximum atomic E-state index is 14.3. The number of aliphatic hydroxyl groups is 1. The van der Waals surface area contributed by atoms with Crippen molar-refractivity contribution >= 4 is 45.2 Å². The number of morpholine rings is 1. The Hall–Kier alpha value is -2.05. The van der Waals surface area contributed by atoms with Gasteiger partial charge in [-0.25, -0.2) is 8.42 Å². The number of aliphatic hydroxyl groups excluding tert-OH is 1. The molecule has 236 valence electrons. The van der Waals surface area contributed by atoms with Gasteiger partial charge in [-0.3, -0.25) is 9.59 Å². The highest BCUT2D eigenvalue weighted by atomic mass is 32.2. The molecule has 0 bridgehead atoms. The number of rotatable bonds is 13. The summed E-state index contributed by atoms with van der Waals surface area (Å²) >= 11 is 3.35. The summed E-state index contributed by atoms with van der Waals surface area (Å²) < 4.78 is 30.8. The molecule has 11 heteroatoms. The Balaban J connectivity index is 1.68. The molecule has 3 unspecified atom stereocenters. The van der Waals surface area contributed by atoms with Crippen LogP contribution in [0.25, 0.3) is 0 Å². The highest BCUT2D eigenvalue weighted by molar-refractivity contribution is 8.18. The maximum Gasteiger partial charge on any atom is 0.242 e. The normalized spacial score (nSPS) is 20.0. The molecular weight excluding hydrogens is 605 g/mol. The van der Waals surface area contributed by atoms with Crippen LogP contribution in [0.3, 0.4) is 0 Å². The molecule has 8 nitrogen and oxygen atoms in total. The van der Waals surface area contributed by atoms with Gasteiger partial charge < -0.3 is 20.1 Å². The standard InChI is InChI=1S/C32H44N2O6S3/c1-3-4-16-27(29(36)32(41-21-11-22-42-32)26-14-9-6-10-15-26)33-30(37)31(2,23-28(35)34-17-19-40-20-18-34)43(38,39)24-25-12-7-5-8-13-25/h5-10,12-15,27,29,36H,3-4,11,16-24H2,1-2H3,(H,33,37). The third-order valence-corrected chi connectivity index (χ3v) is 14.2. The minimum Gasteiger partial charge on any atom is -0.388 e. The van der Waals surface area contributed by atoms with Crippen LogP contribution in [0.2, 0.25) is 0 Å². The molecule has 2 amide bonds. The van der Waals surface area contributed by atoms with E-state index in [0.29, 0.717) is 38.3 Å². The first-order valence-corrected chi connectivity index (χ1v) is 18.7. The summed E-state index contributed by atoms with van der Waals surface area (Å²) in [5, 5.41) is 15.1. The fraction of sp³-hybridized carbons (Fsp3) is 0.562. The van der Waals surface area contributed by atoms with Crippen molar-refractivity contribution in [3.05, 3.63) is 71.8 Å². The molecule has 43 heavy (non-hydrogen) atoms. The quantitative estimate of drug-likeness (QED) is 0.330. The van der Waals surface area contributed by atoms with Crippen LogP contribution in [0.1, 0.15) is 57.1 Å². The van der Waals surface area contributed by atoms with Gasteiger partial charge in [0.05, 0.1) is 31.4 Å². The molecule has 0 aliphatic carbocycles. The fourth-order valence-corrected chi connectivity index (χ4v) is 10.7. The minimum absolute atomic E-state index is 0.348. The Morgan fingerprint density at radius 2 is 1.65 bits per heavy atom. The van der Waals surface area contributed by atoms with Gasteiger partial charge in [0.25, 0.3) is 0 Å². The molecule has 0 spiro atoms. The van der Waals surface area contributed by atoms with E-state index < -0.39 is 49.0 Å². The van der Waals surface area contributed by atoms with Crippen LogP contribution in [0.4, 0.5) is 0 Å². The van der Waals surface area contributed by atoms with Crippen molar-refractivity contribution in [2.45, 2.75) is 72.7 Å². The fourth-order valence-electron chi connectivity index (χ4n) is 5.54. The number of unbranched alkanes of at least 4 members (excludes halogenated alkanes) is 1. The first-order chi connectivity index (χ1) is 20.6. The van der Waals surface area contributed by atoms with Crippen molar-refractivity contribution in [3.8, 4) is 0 Å².